The third kappa shape index (κ3) is 6.88. The van der Waals surface area contributed by atoms with E-state index in [9.17, 15) is 13.0 Å². The summed E-state index contributed by atoms with van der Waals surface area (Å²) in [4.78, 5) is 6.53. The lowest BCUT2D eigenvalue weighted by atomic mass is 10.0. The van der Waals surface area contributed by atoms with E-state index >= 15 is 0 Å². The fourth-order valence-corrected chi connectivity index (χ4v) is 7.82. The molecule has 240 valence electrons. The number of hydrogen-bond donors (Lipinski definition) is 1. The third-order valence-corrected chi connectivity index (χ3v) is 10.5. The molecule has 1 aliphatic rings. The van der Waals surface area contributed by atoms with Crippen LogP contribution in [0.4, 0.5) is 28.4 Å². The maximum Gasteiger partial charge on any atom is 0.271 e. The molecule has 1 N–H and O–H groups in total. The molecule has 0 aliphatic carbocycles. The van der Waals surface area contributed by atoms with Crippen LogP contribution in [0.5, 0.6) is 11.5 Å². The predicted octanol–water partition coefficient (Wildman–Crippen LogP) is 9.67. The zero-order valence-electron chi connectivity index (χ0n) is 26.4. The first-order valence-electron chi connectivity index (χ1n) is 15.3. The number of benzene rings is 5. The smallest absolute Gasteiger partial charge is 0.271 e. The Hall–Kier alpha value is -4.70. The zero-order chi connectivity index (χ0) is 33.0. The minimum Gasteiger partial charge on any atom is -0.497 e. The van der Waals surface area contributed by atoms with Crippen molar-refractivity contribution in [3.05, 3.63) is 127 Å². The van der Waals surface area contributed by atoms with Gasteiger partial charge in [-0.05, 0) is 103 Å². The highest BCUT2D eigenvalue weighted by Crippen LogP contribution is 2.52. The minimum absolute atomic E-state index is 0.243. The van der Waals surface area contributed by atoms with Crippen LogP contribution in [0.25, 0.3) is 11.1 Å². The quantitative estimate of drug-likeness (QED) is 0.110. The van der Waals surface area contributed by atoms with Crippen LogP contribution in [0.2, 0.25) is 0 Å². The SMILES string of the molecule is C/C=C/C(CCN1c2ccccc2Sc2c(-c3ccc(N(c4ccc(OC)cc4)c4ccc(OC)cc4)cc3)cccc21)S(=O)(=O)O. The van der Waals surface area contributed by atoms with E-state index in [1.807, 2.05) is 66.7 Å². The molecule has 7 nitrogen and oxygen atoms in total. The number of nitrogens with zero attached hydrogens (tertiary/aromatic N) is 2. The molecule has 5 aromatic rings. The summed E-state index contributed by atoms with van der Waals surface area (Å²) in [7, 11) is -0.907. The van der Waals surface area contributed by atoms with Crippen LogP contribution in [0.3, 0.4) is 0 Å². The summed E-state index contributed by atoms with van der Waals surface area (Å²) in [6.07, 6.45) is 3.45. The molecule has 0 saturated heterocycles. The minimum atomic E-state index is -4.23. The highest BCUT2D eigenvalue weighted by molar-refractivity contribution is 8.00. The summed E-state index contributed by atoms with van der Waals surface area (Å²) in [6, 6.07) is 38.9. The summed E-state index contributed by atoms with van der Waals surface area (Å²) in [5.41, 5.74) is 7.14. The molecule has 1 unspecified atom stereocenters. The van der Waals surface area contributed by atoms with Crippen molar-refractivity contribution in [2.24, 2.45) is 0 Å². The number of ether oxygens (including phenoxy) is 2. The zero-order valence-corrected chi connectivity index (χ0v) is 28.0. The van der Waals surface area contributed by atoms with Crippen molar-refractivity contribution >= 4 is 50.3 Å². The summed E-state index contributed by atoms with van der Waals surface area (Å²) in [6.45, 7) is 2.17. The highest BCUT2D eigenvalue weighted by Gasteiger charge is 2.28. The van der Waals surface area contributed by atoms with Gasteiger partial charge in [-0.15, -0.1) is 0 Å². The lowest BCUT2D eigenvalue weighted by molar-refractivity contribution is 0.415. The Morgan fingerprint density at radius 1 is 0.766 bits per heavy atom. The molecule has 6 rings (SSSR count). The van der Waals surface area contributed by atoms with Crippen molar-refractivity contribution in [2.75, 3.05) is 30.6 Å². The Labute approximate surface area is 280 Å². The van der Waals surface area contributed by atoms with E-state index in [4.69, 9.17) is 9.47 Å². The van der Waals surface area contributed by atoms with Gasteiger partial charge in [0.25, 0.3) is 10.1 Å². The monoisotopic (exact) mass is 664 g/mol. The predicted molar refractivity (Wildman–Crippen MR) is 192 cm³/mol. The first-order chi connectivity index (χ1) is 22.8. The molecule has 0 aromatic heterocycles. The van der Waals surface area contributed by atoms with E-state index in [-0.39, 0.29) is 6.42 Å². The normalized spacial score (nSPS) is 13.1. The molecule has 9 heteroatoms. The number of fused-ring (bicyclic) bond motifs is 2. The average molecular weight is 665 g/mol. The molecule has 0 bridgehead atoms. The molecule has 5 aromatic carbocycles. The van der Waals surface area contributed by atoms with Gasteiger partial charge in [-0.25, -0.2) is 0 Å². The molecule has 1 aliphatic heterocycles. The first-order valence-corrected chi connectivity index (χ1v) is 17.6. The summed E-state index contributed by atoms with van der Waals surface area (Å²) in [5, 5.41) is -0.979. The number of anilines is 5. The summed E-state index contributed by atoms with van der Waals surface area (Å²) < 4.78 is 44.9. The second-order valence-corrected chi connectivity index (χ2v) is 13.7. The maximum atomic E-state index is 12.1. The Kier molecular flexibility index (Phi) is 9.58. The highest BCUT2D eigenvalue weighted by atomic mass is 32.2. The van der Waals surface area contributed by atoms with Gasteiger partial charge in [0.1, 0.15) is 16.7 Å². The second kappa shape index (κ2) is 14.0. The number of rotatable bonds is 11. The van der Waals surface area contributed by atoms with E-state index in [1.165, 1.54) is 0 Å². The summed E-state index contributed by atoms with van der Waals surface area (Å²) in [5.74, 6) is 1.58. The Bertz CT molecular complexity index is 1930. The molecule has 1 atom stereocenters. The van der Waals surface area contributed by atoms with Gasteiger partial charge >= 0.3 is 0 Å². The molecular weight excluding hydrogens is 629 g/mol. The van der Waals surface area contributed by atoms with Crippen molar-refractivity contribution in [1.82, 2.24) is 0 Å². The van der Waals surface area contributed by atoms with Crippen LogP contribution < -0.4 is 19.3 Å². The van der Waals surface area contributed by atoms with Crippen molar-refractivity contribution in [1.29, 1.82) is 0 Å². The lowest BCUT2D eigenvalue weighted by Gasteiger charge is -2.34. The van der Waals surface area contributed by atoms with Gasteiger partial charge in [0.15, 0.2) is 0 Å². The van der Waals surface area contributed by atoms with E-state index < -0.39 is 15.4 Å². The van der Waals surface area contributed by atoms with Gasteiger partial charge < -0.3 is 19.3 Å². The molecule has 0 radical (unpaired) electrons. The first kappa shape index (κ1) is 32.2. The molecular formula is C38H36N2O5S2. The standard InChI is InChI=1S/C38H36N2O5S2/c1-4-8-33(47(41,42)43)25-26-39-35-10-5-6-12-37(35)46-38-34(9-7-11-36(38)39)27-13-15-28(16-14-27)40(29-17-21-31(44-2)22-18-29)30-19-23-32(45-3)24-20-30/h4-24,33H,25-26H2,1-3H3,(H,41,42,43)/b8-4+. The Morgan fingerprint density at radius 2 is 1.32 bits per heavy atom. The van der Waals surface area contributed by atoms with Crippen molar-refractivity contribution in [3.8, 4) is 22.6 Å². The van der Waals surface area contributed by atoms with Gasteiger partial charge in [0, 0.05) is 33.4 Å². The van der Waals surface area contributed by atoms with Gasteiger partial charge in [0.2, 0.25) is 0 Å². The van der Waals surface area contributed by atoms with Crippen LogP contribution in [0.1, 0.15) is 13.3 Å². The molecule has 0 spiro atoms. The molecule has 47 heavy (non-hydrogen) atoms. The Morgan fingerprint density at radius 3 is 1.87 bits per heavy atom. The van der Waals surface area contributed by atoms with Gasteiger partial charge in [0.05, 0.1) is 25.6 Å². The number of allylic oxidation sites excluding steroid dienone is 1. The second-order valence-electron chi connectivity index (χ2n) is 11.0. The van der Waals surface area contributed by atoms with Crippen LogP contribution in [-0.4, -0.2) is 39.0 Å². The maximum absolute atomic E-state index is 12.1. The van der Waals surface area contributed by atoms with Gasteiger partial charge in [-0.2, -0.15) is 8.42 Å². The molecule has 0 amide bonds. The Balaban J connectivity index is 1.37. The number of para-hydroxylation sites is 1. The van der Waals surface area contributed by atoms with Crippen molar-refractivity contribution < 1.29 is 22.4 Å². The van der Waals surface area contributed by atoms with E-state index in [0.29, 0.717) is 6.54 Å². The van der Waals surface area contributed by atoms with Crippen molar-refractivity contribution in [2.45, 2.75) is 28.4 Å². The average Bonchev–Trinajstić information content (AvgIpc) is 3.10. The van der Waals surface area contributed by atoms with Crippen molar-refractivity contribution in [3.63, 3.8) is 0 Å². The van der Waals surface area contributed by atoms with Crippen LogP contribution >= 0.6 is 11.8 Å². The molecule has 1 heterocycles. The number of hydrogen-bond acceptors (Lipinski definition) is 7. The number of methoxy groups -OCH3 is 2. The van der Waals surface area contributed by atoms with Gasteiger partial charge in [-0.1, -0.05) is 60.3 Å². The van der Waals surface area contributed by atoms with Crippen LogP contribution in [0, 0.1) is 0 Å². The third-order valence-electron chi connectivity index (χ3n) is 8.18. The largest absolute Gasteiger partial charge is 0.497 e. The van der Waals surface area contributed by atoms with Crippen LogP contribution in [0.15, 0.2) is 137 Å². The fourth-order valence-electron chi connectivity index (χ4n) is 5.83. The molecule has 0 saturated carbocycles. The van der Waals surface area contributed by atoms with E-state index in [2.05, 4.69) is 58.3 Å². The van der Waals surface area contributed by atoms with Gasteiger partial charge in [-0.3, -0.25) is 4.55 Å². The molecule has 0 fully saturated rings. The van der Waals surface area contributed by atoms with E-state index in [0.717, 1.165) is 60.9 Å². The lowest BCUT2D eigenvalue weighted by Crippen LogP contribution is -2.28. The van der Waals surface area contributed by atoms with Crippen LogP contribution in [-0.2, 0) is 10.1 Å². The van der Waals surface area contributed by atoms with E-state index in [1.54, 1.807) is 45.1 Å². The summed E-state index contributed by atoms with van der Waals surface area (Å²) >= 11 is 1.71. The fraction of sp³-hybridized carbons (Fsp3) is 0.158. The topological polar surface area (TPSA) is 79.3 Å².